The average Bonchev–Trinajstić information content (AvgIpc) is 2.35. The number of carbonyl (C=O) groups excluding carboxylic acids is 1. The maximum Gasteiger partial charge on any atom is 0.256 e. The molecule has 1 aromatic carbocycles. The number of hydrogen-bond donors (Lipinski definition) is 3. The van der Waals surface area contributed by atoms with Crippen LogP contribution in [0.4, 0.5) is 11.5 Å². The highest BCUT2D eigenvalue weighted by Crippen LogP contribution is 2.22. The molecule has 1 heterocycles. The molecule has 0 saturated heterocycles. The number of hydrogen-bond acceptors (Lipinski definition) is 4. The van der Waals surface area contributed by atoms with Gasteiger partial charge in [0.1, 0.15) is 0 Å². The fraction of sp³-hybridized carbons (Fsp3) is 0. The molecule has 1 aromatic heterocycles. The lowest BCUT2D eigenvalue weighted by atomic mass is 10.2. The van der Waals surface area contributed by atoms with Crippen molar-refractivity contribution in [1.29, 1.82) is 0 Å². The van der Waals surface area contributed by atoms with Crippen LogP contribution in [-0.4, -0.2) is 16.0 Å². The van der Waals surface area contributed by atoms with Gasteiger partial charge in [0.25, 0.3) is 5.91 Å². The molecule has 0 bridgehead atoms. The first kappa shape index (κ1) is 12.2. The summed E-state index contributed by atoms with van der Waals surface area (Å²) in [6.45, 7) is 0. The molecular weight excluding hydrogens is 254 g/mol. The van der Waals surface area contributed by atoms with E-state index >= 15 is 0 Å². The highest BCUT2D eigenvalue weighted by atomic mass is 35.5. The number of halogens is 1. The number of aromatic hydroxyl groups is 1. The molecule has 92 valence electrons. The first-order valence-corrected chi connectivity index (χ1v) is 5.46. The van der Waals surface area contributed by atoms with Crippen LogP contribution in [0, 0.1) is 0 Å². The number of benzene rings is 1. The Hall–Kier alpha value is -2.27. The highest BCUT2D eigenvalue weighted by Gasteiger charge is 2.10. The molecule has 0 aliphatic carbocycles. The van der Waals surface area contributed by atoms with Gasteiger partial charge in [-0.15, -0.1) is 0 Å². The highest BCUT2D eigenvalue weighted by molar-refractivity contribution is 6.33. The van der Waals surface area contributed by atoms with Crippen LogP contribution in [0.25, 0.3) is 0 Å². The number of amides is 1. The second-order valence-electron chi connectivity index (χ2n) is 3.56. The van der Waals surface area contributed by atoms with Crippen molar-refractivity contribution in [1.82, 2.24) is 4.98 Å². The lowest BCUT2D eigenvalue weighted by Crippen LogP contribution is -2.13. The molecule has 0 atom stereocenters. The minimum absolute atomic E-state index is 0.0935. The summed E-state index contributed by atoms with van der Waals surface area (Å²) in [5.74, 6) is -0.434. The van der Waals surface area contributed by atoms with Crippen LogP contribution in [0.5, 0.6) is 5.75 Å². The third kappa shape index (κ3) is 2.52. The summed E-state index contributed by atoms with van der Waals surface area (Å²) in [5, 5.41) is 12.3. The summed E-state index contributed by atoms with van der Waals surface area (Å²) < 4.78 is 0. The van der Waals surface area contributed by atoms with Crippen LogP contribution >= 0.6 is 11.6 Å². The van der Waals surface area contributed by atoms with E-state index in [-0.39, 0.29) is 11.6 Å². The zero-order chi connectivity index (χ0) is 13.1. The summed E-state index contributed by atoms with van der Waals surface area (Å²) in [5.41, 5.74) is 6.25. The number of carbonyl (C=O) groups is 1. The zero-order valence-electron chi connectivity index (χ0n) is 9.22. The Morgan fingerprint density at radius 1 is 1.39 bits per heavy atom. The van der Waals surface area contributed by atoms with E-state index in [0.717, 1.165) is 0 Å². The summed E-state index contributed by atoms with van der Waals surface area (Å²) >= 11 is 5.76. The third-order valence-corrected chi connectivity index (χ3v) is 2.62. The van der Waals surface area contributed by atoms with E-state index in [4.69, 9.17) is 17.3 Å². The van der Waals surface area contributed by atoms with Crippen molar-refractivity contribution in [3.63, 3.8) is 0 Å². The number of nitrogens with two attached hydrogens (primary N) is 1. The normalized spacial score (nSPS) is 10.1. The number of aromatic nitrogens is 1. The van der Waals surface area contributed by atoms with Gasteiger partial charge in [-0.3, -0.25) is 4.79 Å². The van der Waals surface area contributed by atoms with Crippen molar-refractivity contribution >= 4 is 29.0 Å². The van der Waals surface area contributed by atoms with Crippen LogP contribution in [0.15, 0.2) is 36.5 Å². The topological polar surface area (TPSA) is 88.2 Å². The molecule has 18 heavy (non-hydrogen) atoms. The second-order valence-corrected chi connectivity index (χ2v) is 3.97. The Bertz CT molecular complexity index is 602. The van der Waals surface area contributed by atoms with Crippen LogP contribution in [-0.2, 0) is 0 Å². The zero-order valence-corrected chi connectivity index (χ0v) is 9.98. The summed E-state index contributed by atoms with van der Waals surface area (Å²) in [7, 11) is 0. The molecule has 0 radical (unpaired) electrons. The van der Waals surface area contributed by atoms with Gasteiger partial charge in [0.15, 0.2) is 11.6 Å². The Kier molecular flexibility index (Phi) is 3.34. The smallest absolute Gasteiger partial charge is 0.256 e. The fourth-order valence-corrected chi connectivity index (χ4v) is 1.48. The molecule has 0 aliphatic heterocycles. The Balaban J connectivity index is 2.22. The van der Waals surface area contributed by atoms with Gasteiger partial charge >= 0.3 is 0 Å². The molecule has 2 rings (SSSR count). The van der Waals surface area contributed by atoms with Crippen molar-refractivity contribution < 1.29 is 9.90 Å². The Morgan fingerprint density at radius 3 is 2.83 bits per heavy atom. The van der Waals surface area contributed by atoms with Gasteiger partial charge in [-0.05, 0) is 30.3 Å². The molecule has 0 unspecified atom stereocenters. The van der Waals surface area contributed by atoms with Gasteiger partial charge in [-0.1, -0.05) is 11.6 Å². The van der Waals surface area contributed by atoms with Crippen molar-refractivity contribution in [2.24, 2.45) is 0 Å². The molecule has 0 fully saturated rings. The Morgan fingerprint density at radius 2 is 2.17 bits per heavy atom. The van der Waals surface area contributed by atoms with E-state index in [1.165, 1.54) is 30.5 Å². The minimum Gasteiger partial charge on any atom is -0.504 e. The average molecular weight is 264 g/mol. The third-order valence-electron chi connectivity index (χ3n) is 2.28. The minimum atomic E-state index is -0.424. The Labute approximate surface area is 108 Å². The van der Waals surface area contributed by atoms with E-state index in [2.05, 4.69) is 10.3 Å². The number of nitrogen functional groups attached to an aromatic ring is 1. The lowest BCUT2D eigenvalue weighted by molar-refractivity contribution is 0.102. The van der Waals surface area contributed by atoms with E-state index in [0.29, 0.717) is 16.3 Å². The van der Waals surface area contributed by atoms with Crippen LogP contribution < -0.4 is 11.1 Å². The summed E-state index contributed by atoms with van der Waals surface area (Å²) in [4.78, 5) is 15.7. The van der Waals surface area contributed by atoms with Gasteiger partial charge in [0.05, 0.1) is 10.7 Å². The van der Waals surface area contributed by atoms with E-state index < -0.39 is 5.91 Å². The molecule has 0 saturated carbocycles. The summed E-state index contributed by atoms with van der Waals surface area (Å²) in [6.07, 6.45) is 1.46. The number of nitrogens with zero attached hydrogens (tertiary/aromatic N) is 1. The summed E-state index contributed by atoms with van der Waals surface area (Å²) in [6, 6.07) is 7.51. The van der Waals surface area contributed by atoms with Gasteiger partial charge < -0.3 is 16.2 Å². The monoisotopic (exact) mass is 263 g/mol. The van der Waals surface area contributed by atoms with E-state index in [1.807, 2.05) is 0 Å². The van der Waals surface area contributed by atoms with Crippen molar-refractivity contribution in [2.45, 2.75) is 0 Å². The first-order valence-electron chi connectivity index (χ1n) is 5.08. The number of pyridine rings is 1. The molecule has 0 spiro atoms. The molecule has 1 amide bonds. The van der Waals surface area contributed by atoms with E-state index in [1.54, 1.807) is 6.07 Å². The molecule has 6 heteroatoms. The first-order chi connectivity index (χ1) is 8.58. The van der Waals surface area contributed by atoms with Crippen molar-refractivity contribution in [3.05, 3.63) is 47.1 Å². The fourth-order valence-electron chi connectivity index (χ4n) is 1.36. The largest absolute Gasteiger partial charge is 0.504 e. The quantitative estimate of drug-likeness (QED) is 0.725. The molecule has 2 aromatic rings. The molecule has 5 nitrogen and oxygen atoms in total. The van der Waals surface area contributed by atoms with Crippen LogP contribution in [0.3, 0.4) is 0 Å². The van der Waals surface area contributed by atoms with Gasteiger partial charge in [0.2, 0.25) is 0 Å². The molecule has 4 N–H and O–H groups in total. The van der Waals surface area contributed by atoms with Crippen molar-refractivity contribution in [3.8, 4) is 5.75 Å². The maximum atomic E-state index is 11.9. The van der Waals surface area contributed by atoms with E-state index in [9.17, 15) is 9.90 Å². The number of nitrogens with one attached hydrogen (secondary N) is 1. The predicted molar refractivity (Wildman–Crippen MR) is 69.7 cm³/mol. The lowest BCUT2D eigenvalue weighted by Gasteiger charge is -2.06. The second kappa shape index (κ2) is 4.93. The number of anilines is 2. The van der Waals surface area contributed by atoms with Crippen LogP contribution in [0.1, 0.15) is 10.4 Å². The molecular formula is C12H10ClN3O2. The number of rotatable bonds is 2. The van der Waals surface area contributed by atoms with Crippen LogP contribution in [0.2, 0.25) is 5.02 Å². The standard InChI is InChI=1S/C12H10ClN3O2/c13-8-4-3-7(6-9(8)14)12(18)16-11-10(17)2-1-5-15-11/h1-6,17H,14H2,(H,15,16,18). The molecule has 0 aliphatic rings. The van der Waals surface area contributed by atoms with Crippen molar-refractivity contribution in [2.75, 3.05) is 11.1 Å². The maximum absolute atomic E-state index is 11.9. The van der Waals surface area contributed by atoms with Gasteiger partial charge in [-0.2, -0.15) is 0 Å². The van der Waals surface area contributed by atoms with Gasteiger partial charge in [-0.25, -0.2) is 4.98 Å². The predicted octanol–water partition coefficient (Wildman–Crippen LogP) is 2.28. The van der Waals surface area contributed by atoms with Gasteiger partial charge in [0, 0.05) is 11.8 Å². The SMILES string of the molecule is Nc1cc(C(=O)Nc2ncccc2O)ccc1Cl.